The summed E-state index contributed by atoms with van der Waals surface area (Å²) in [6, 6.07) is 0. The summed E-state index contributed by atoms with van der Waals surface area (Å²) < 4.78 is 12.2. The van der Waals surface area contributed by atoms with E-state index in [2.05, 4.69) is 13.8 Å². The minimum Gasteiger partial charge on any atom is -0.247 e. The molecule has 0 aromatic heterocycles. The van der Waals surface area contributed by atoms with Gasteiger partial charge in [-0.1, -0.05) is 20.3 Å². The first-order valence-corrected chi connectivity index (χ1v) is 3.30. The summed E-state index contributed by atoms with van der Waals surface area (Å²) >= 11 is 0. The summed E-state index contributed by atoms with van der Waals surface area (Å²) in [6.45, 7) is 4.29. The van der Waals surface area contributed by atoms with Crippen molar-refractivity contribution >= 4 is 0 Å². The predicted molar refractivity (Wildman–Crippen MR) is 32.5 cm³/mol. The quantitative estimate of drug-likeness (QED) is 0.494. The molecule has 48 valence electrons. The van der Waals surface area contributed by atoms with Crippen LogP contribution in [0.2, 0.25) is 0 Å². The summed E-state index contributed by atoms with van der Waals surface area (Å²) in [5, 5.41) is 0. The topological polar surface area (TPSA) is 0 Å². The van der Waals surface area contributed by atoms with Crippen LogP contribution >= 0.6 is 0 Å². The molecular weight excluding hydrogens is 103 g/mol. The molecule has 0 bridgehead atoms. The molecular formula is C7H13F. The zero-order valence-electron chi connectivity index (χ0n) is 5.58. The van der Waals surface area contributed by atoms with Crippen molar-refractivity contribution in [2.24, 2.45) is 5.41 Å². The van der Waals surface area contributed by atoms with Crippen LogP contribution in [0, 0.1) is 5.41 Å². The minimum absolute atomic E-state index is 0.361. The van der Waals surface area contributed by atoms with Gasteiger partial charge in [0, 0.05) is 0 Å². The molecule has 0 heterocycles. The van der Waals surface area contributed by atoms with Crippen LogP contribution in [-0.2, 0) is 0 Å². The molecule has 0 atom stereocenters. The van der Waals surface area contributed by atoms with Crippen LogP contribution in [0.1, 0.15) is 33.1 Å². The standard InChI is InChI=1S/C7H13F/c1-3-7(2)4-6(8)5-7/h6H,3-5H2,1-2H3. The summed E-state index contributed by atoms with van der Waals surface area (Å²) in [5.41, 5.74) is 0.361. The van der Waals surface area contributed by atoms with Crippen LogP contribution in [0.15, 0.2) is 0 Å². The molecule has 1 rings (SSSR count). The lowest BCUT2D eigenvalue weighted by atomic mass is 9.67. The molecule has 0 spiro atoms. The van der Waals surface area contributed by atoms with Crippen molar-refractivity contribution in [1.82, 2.24) is 0 Å². The summed E-state index contributed by atoms with van der Waals surface area (Å²) in [7, 11) is 0. The third-order valence-corrected chi connectivity index (χ3v) is 2.28. The third-order valence-electron chi connectivity index (χ3n) is 2.28. The van der Waals surface area contributed by atoms with E-state index in [4.69, 9.17) is 0 Å². The van der Waals surface area contributed by atoms with Gasteiger partial charge in [-0.25, -0.2) is 4.39 Å². The first-order valence-electron chi connectivity index (χ1n) is 3.30. The molecule has 0 N–H and O–H groups in total. The lowest BCUT2D eigenvalue weighted by Gasteiger charge is -2.40. The van der Waals surface area contributed by atoms with Gasteiger partial charge in [0.25, 0.3) is 0 Å². The Hall–Kier alpha value is -0.0700. The number of halogens is 1. The lowest BCUT2D eigenvalue weighted by Crippen LogP contribution is -2.34. The fraction of sp³-hybridized carbons (Fsp3) is 1.00. The molecule has 1 saturated carbocycles. The molecule has 0 unspecified atom stereocenters. The molecule has 0 amide bonds. The van der Waals surface area contributed by atoms with Crippen LogP contribution in [0.4, 0.5) is 4.39 Å². The highest BCUT2D eigenvalue weighted by atomic mass is 19.1. The van der Waals surface area contributed by atoms with Gasteiger partial charge in [-0.05, 0) is 18.3 Å². The first-order chi connectivity index (χ1) is 3.66. The molecule has 1 fully saturated rings. The number of rotatable bonds is 1. The highest BCUT2D eigenvalue weighted by Gasteiger charge is 2.38. The molecule has 1 aliphatic carbocycles. The highest BCUT2D eigenvalue weighted by Crippen LogP contribution is 2.44. The maximum absolute atomic E-state index is 12.2. The van der Waals surface area contributed by atoms with Crippen molar-refractivity contribution < 1.29 is 4.39 Å². The molecule has 0 radical (unpaired) electrons. The second kappa shape index (κ2) is 1.71. The lowest BCUT2D eigenvalue weighted by molar-refractivity contribution is 0.0389. The largest absolute Gasteiger partial charge is 0.247 e. The van der Waals surface area contributed by atoms with Gasteiger partial charge in [0.1, 0.15) is 6.17 Å². The Balaban J connectivity index is 2.30. The fourth-order valence-electron chi connectivity index (χ4n) is 1.30. The van der Waals surface area contributed by atoms with Crippen molar-refractivity contribution in [3.05, 3.63) is 0 Å². The summed E-state index contributed by atoms with van der Waals surface area (Å²) in [6.07, 6.45) is 2.24. The number of hydrogen-bond acceptors (Lipinski definition) is 0. The average Bonchev–Trinajstić information content (AvgIpc) is 1.63. The Kier molecular flexibility index (Phi) is 1.30. The van der Waals surface area contributed by atoms with E-state index in [0.717, 1.165) is 19.3 Å². The fourth-order valence-corrected chi connectivity index (χ4v) is 1.30. The average molecular weight is 116 g/mol. The Morgan fingerprint density at radius 1 is 1.62 bits per heavy atom. The molecule has 8 heavy (non-hydrogen) atoms. The SMILES string of the molecule is CCC1(C)CC(F)C1. The van der Waals surface area contributed by atoms with Gasteiger partial charge in [-0.2, -0.15) is 0 Å². The van der Waals surface area contributed by atoms with E-state index in [1.807, 2.05) is 0 Å². The van der Waals surface area contributed by atoms with Crippen LogP contribution in [0.5, 0.6) is 0 Å². The number of alkyl halides is 1. The van der Waals surface area contributed by atoms with Gasteiger partial charge in [-0.15, -0.1) is 0 Å². The zero-order chi connectivity index (χ0) is 6.20. The van der Waals surface area contributed by atoms with Crippen LogP contribution in [-0.4, -0.2) is 6.17 Å². The second-order valence-corrected chi connectivity index (χ2v) is 3.17. The molecule has 0 aliphatic heterocycles. The van der Waals surface area contributed by atoms with Crippen molar-refractivity contribution in [2.75, 3.05) is 0 Å². The van der Waals surface area contributed by atoms with Gasteiger partial charge in [0.2, 0.25) is 0 Å². The normalized spacial score (nSPS) is 46.1. The maximum Gasteiger partial charge on any atom is 0.101 e. The monoisotopic (exact) mass is 116 g/mol. The molecule has 0 aromatic rings. The second-order valence-electron chi connectivity index (χ2n) is 3.17. The van der Waals surface area contributed by atoms with Gasteiger partial charge in [0.05, 0.1) is 0 Å². The van der Waals surface area contributed by atoms with Gasteiger partial charge < -0.3 is 0 Å². The molecule has 0 aromatic carbocycles. The van der Waals surface area contributed by atoms with Crippen molar-refractivity contribution in [2.45, 2.75) is 39.3 Å². The smallest absolute Gasteiger partial charge is 0.101 e. The molecule has 0 nitrogen and oxygen atoms in total. The Morgan fingerprint density at radius 3 is 2.25 bits per heavy atom. The Labute approximate surface area is 50.1 Å². The van der Waals surface area contributed by atoms with E-state index in [9.17, 15) is 4.39 Å². The Bertz CT molecular complexity index is 82.4. The van der Waals surface area contributed by atoms with Crippen molar-refractivity contribution in [3.8, 4) is 0 Å². The van der Waals surface area contributed by atoms with E-state index in [1.54, 1.807) is 0 Å². The summed E-state index contributed by atoms with van der Waals surface area (Å²) in [4.78, 5) is 0. The highest BCUT2D eigenvalue weighted by molar-refractivity contribution is 4.88. The van der Waals surface area contributed by atoms with Crippen molar-refractivity contribution in [1.29, 1.82) is 0 Å². The van der Waals surface area contributed by atoms with Crippen molar-refractivity contribution in [3.63, 3.8) is 0 Å². The molecule has 1 heteroatoms. The Morgan fingerprint density at radius 2 is 2.12 bits per heavy atom. The van der Waals surface area contributed by atoms with Crippen LogP contribution < -0.4 is 0 Å². The van der Waals surface area contributed by atoms with E-state index in [0.29, 0.717) is 5.41 Å². The van der Waals surface area contributed by atoms with Crippen LogP contribution in [0.3, 0.4) is 0 Å². The predicted octanol–water partition coefficient (Wildman–Crippen LogP) is 2.53. The minimum atomic E-state index is -0.486. The van der Waals surface area contributed by atoms with Gasteiger partial charge in [-0.3, -0.25) is 0 Å². The molecule has 1 aliphatic rings. The van der Waals surface area contributed by atoms with E-state index >= 15 is 0 Å². The number of hydrogen-bond donors (Lipinski definition) is 0. The van der Waals surface area contributed by atoms with E-state index in [-0.39, 0.29) is 0 Å². The molecule has 0 saturated heterocycles. The third kappa shape index (κ3) is 0.862. The van der Waals surface area contributed by atoms with E-state index < -0.39 is 6.17 Å². The van der Waals surface area contributed by atoms with Crippen LogP contribution in [0.25, 0.3) is 0 Å². The van der Waals surface area contributed by atoms with Gasteiger partial charge in [0.15, 0.2) is 0 Å². The van der Waals surface area contributed by atoms with Gasteiger partial charge >= 0.3 is 0 Å². The maximum atomic E-state index is 12.2. The van der Waals surface area contributed by atoms with E-state index in [1.165, 1.54) is 0 Å². The first kappa shape index (κ1) is 6.06. The summed E-state index contributed by atoms with van der Waals surface area (Å²) in [5.74, 6) is 0. The zero-order valence-corrected chi connectivity index (χ0v) is 5.58.